The van der Waals surface area contributed by atoms with Crippen LogP contribution in [0.2, 0.25) is 0 Å². The Kier molecular flexibility index (Phi) is 1.07. The third-order valence-electron chi connectivity index (χ3n) is 1.84. The fourth-order valence-electron chi connectivity index (χ4n) is 1.30. The molecular weight excluding hydrogens is 124 g/mol. The van der Waals surface area contributed by atoms with Gasteiger partial charge in [0.25, 0.3) is 0 Å². The Morgan fingerprint density at radius 3 is 3.20 bits per heavy atom. The molecule has 1 aromatic rings. The molecule has 10 heavy (non-hydrogen) atoms. The van der Waals surface area contributed by atoms with E-state index in [1.54, 1.807) is 0 Å². The van der Waals surface area contributed by atoms with E-state index in [2.05, 4.69) is 23.3 Å². The minimum Gasteiger partial charge on any atom is -0.386 e. The molecule has 2 nitrogen and oxygen atoms in total. The quantitative estimate of drug-likeness (QED) is 0.552. The molecule has 1 aliphatic rings. The molecule has 0 saturated carbocycles. The molecule has 2 heterocycles. The van der Waals surface area contributed by atoms with Gasteiger partial charge >= 0.3 is 0 Å². The summed E-state index contributed by atoms with van der Waals surface area (Å²) in [5.74, 6) is 0. The van der Waals surface area contributed by atoms with Gasteiger partial charge in [0.05, 0.1) is 0 Å². The van der Waals surface area contributed by atoms with E-state index in [1.807, 2.05) is 12.4 Å². The predicted molar refractivity (Wildman–Crippen MR) is 41.3 cm³/mol. The van der Waals surface area contributed by atoms with Crippen molar-refractivity contribution in [1.82, 2.24) is 10.3 Å². The molecule has 1 aromatic heterocycles. The number of hydrogen-bond acceptors (Lipinski definition) is 1. The average Bonchev–Trinajstić information content (AvgIpc) is 2.36. The van der Waals surface area contributed by atoms with Crippen LogP contribution < -0.4 is 5.32 Å². The summed E-state index contributed by atoms with van der Waals surface area (Å²) in [6.45, 7) is 3.05. The number of H-pyrrole nitrogens is 1. The van der Waals surface area contributed by atoms with Crippen molar-refractivity contribution in [3.8, 4) is 0 Å². The van der Waals surface area contributed by atoms with Crippen LogP contribution in [0.5, 0.6) is 0 Å². The molecule has 2 rings (SSSR count). The van der Waals surface area contributed by atoms with Crippen molar-refractivity contribution in [2.24, 2.45) is 0 Å². The van der Waals surface area contributed by atoms with Crippen molar-refractivity contribution in [2.45, 2.75) is 13.5 Å². The van der Waals surface area contributed by atoms with E-state index in [9.17, 15) is 0 Å². The highest BCUT2D eigenvalue weighted by molar-refractivity contribution is 5.64. The zero-order valence-electron chi connectivity index (χ0n) is 5.94. The molecule has 0 saturated heterocycles. The van der Waals surface area contributed by atoms with Crippen LogP contribution in [-0.2, 0) is 6.54 Å². The molecule has 2 N–H and O–H groups in total. The molecule has 0 fully saturated rings. The van der Waals surface area contributed by atoms with Crippen LogP contribution in [0.25, 0.3) is 5.57 Å². The van der Waals surface area contributed by atoms with Crippen molar-refractivity contribution in [2.75, 3.05) is 0 Å². The summed E-state index contributed by atoms with van der Waals surface area (Å²) in [6, 6.07) is 2.11. The largest absolute Gasteiger partial charge is 0.386 e. The first kappa shape index (κ1) is 5.59. The maximum atomic E-state index is 3.20. The lowest BCUT2D eigenvalue weighted by Gasteiger charge is -2.11. The number of aromatic nitrogens is 1. The Hall–Kier alpha value is -1.18. The van der Waals surface area contributed by atoms with Gasteiger partial charge < -0.3 is 10.3 Å². The maximum absolute atomic E-state index is 3.20. The van der Waals surface area contributed by atoms with Crippen molar-refractivity contribution in [3.63, 3.8) is 0 Å². The molecule has 0 amide bonds. The third kappa shape index (κ3) is 0.652. The average molecular weight is 134 g/mol. The lowest BCUT2D eigenvalue weighted by atomic mass is 10.1. The van der Waals surface area contributed by atoms with Gasteiger partial charge in [-0.3, -0.25) is 0 Å². The SMILES string of the molecule is CC1=CNCc2cc[nH]c21. The van der Waals surface area contributed by atoms with E-state index < -0.39 is 0 Å². The predicted octanol–water partition coefficient (Wildman–Crippen LogP) is 1.48. The van der Waals surface area contributed by atoms with Crippen molar-refractivity contribution < 1.29 is 0 Å². The standard InChI is InChI=1S/C8H10N2/c1-6-4-9-5-7-2-3-10-8(6)7/h2-4,9-10H,5H2,1H3. The van der Waals surface area contributed by atoms with Crippen LogP contribution >= 0.6 is 0 Å². The molecule has 0 aliphatic carbocycles. The first-order chi connectivity index (χ1) is 4.88. The van der Waals surface area contributed by atoms with Gasteiger partial charge in [0.2, 0.25) is 0 Å². The van der Waals surface area contributed by atoms with Crippen LogP contribution in [0.4, 0.5) is 0 Å². The second kappa shape index (κ2) is 1.90. The summed E-state index contributed by atoms with van der Waals surface area (Å²) >= 11 is 0. The van der Waals surface area contributed by atoms with E-state index in [4.69, 9.17) is 0 Å². The van der Waals surface area contributed by atoms with Gasteiger partial charge in [-0.25, -0.2) is 0 Å². The Bertz CT molecular complexity index is 271. The van der Waals surface area contributed by atoms with Crippen LogP contribution in [0.15, 0.2) is 18.5 Å². The first-order valence-corrected chi connectivity index (χ1v) is 3.45. The highest BCUT2D eigenvalue weighted by Crippen LogP contribution is 2.19. The monoisotopic (exact) mass is 134 g/mol. The lowest BCUT2D eigenvalue weighted by molar-refractivity contribution is 0.851. The zero-order chi connectivity index (χ0) is 6.97. The van der Waals surface area contributed by atoms with Crippen molar-refractivity contribution in [3.05, 3.63) is 29.7 Å². The Balaban J connectivity index is 2.55. The minimum atomic E-state index is 0.955. The van der Waals surface area contributed by atoms with E-state index in [-0.39, 0.29) is 0 Å². The molecule has 0 aromatic carbocycles. The molecule has 0 bridgehead atoms. The van der Waals surface area contributed by atoms with Gasteiger partial charge in [-0.2, -0.15) is 0 Å². The fraction of sp³-hybridized carbons (Fsp3) is 0.250. The topological polar surface area (TPSA) is 27.8 Å². The molecule has 0 radical (unpaired) electrons. The second-order valence-corrected chi connectivity index (χ2v) is 2.59. The molecule has 0 atom stereocenters. The maximum Gasteiger partial charge on any atom is 0.0475 e. The third-order valence-corrected chi connectivity index (χ3v) is 1.84. The van der Waals surface area contributed by atoms with Gasteiger partial charge in [0.1, 0.15) is 0 Å². The molecule has 0 spiro atoms. The summed E-state index contributed by atoms with van der Waals surface area (Å²) in [5, 5.41) is 3.19. The Morgan fingerprint density at radius 1 is 1.50 bits per heavy atom. The van der Waals surface area contributed by atoms with Crippen LogP contribution in [-0.4, -0.2) is 4.98 Å². The molecular formula is C8H10N2. The molecule has 2 heteroatoms. The van der Waals surface area contributed by atoms with Crippen molar-refractivity contribution >= 4 is 5.57 Å². The summed E-state index contributed by atoms with van der Waals surface area (Å²) in [5.41, 5.74) is 3.92. The number of aromatic amines is 1. The first-order valence-electron chi connectivity index (χ1n) is 3.45. The number of fused-ring (bicyclic) bond motifs is 1. The minimum absolute atomic E-state index is 0.955. The number of hydrogen-bond donors (Lipinski definition) is 2. The van der Waals surface area contributed by atoms with Gasteiger partial charge in [0, 0.05) is 24.6 Å². The van der Waals surface area contributed by atoms with E-state index in [0.717, 1.165) is 6.54 Å². The van der Waals surface area contributed by atoms with Crippen LogP contribution in [0.3, 0.4) is 0 Å². The van der Waals surface area contributed by atoms with Crippen molar-refractivity contribution in [1.29, 1.82) is 0 Å². The molecule has 52 valence electrons. The second-order valence-electron chi connectivity index (χ2n) is 2.59. The Morgan fingerprint density at radius 2 is 2.40 bits per heavy atom. The summed E-state index contributed by atoms with van der Waals surface area (Å²) in [7, 11) is 0. The fourth-order valence-corrected chi connectivity index (χ4v) is 1.30. The number of rotatable bonds is 0. The van der Waals surface area contributed by atoms with E-state index in [0.29, 0.717) is 0 Å². The van der Waals surface area contributed by atoms with Gasteiger partial charge in [-0.1, -0.05) is 0 Å². The summed E-state index contributed by atoms with van der Waals surface area (Å²) in [6.07, 6.45) is 4.02. The summed E-state index contributed by atoms with van der Waals surface area (Å²) < 4.78 is 0. The van der Waals surface area contributed by atoms with Gasteiger partial charge in [-0.15, -0.1) is 0 Å². The van der Waals surface area contributed by atoms with Crippen LogP contribution in [0, 0.1) is 0 Å². The van der Waals surface area contributed by atoms with E-state index in [1.165, 1.54) is 16.8 Å². The summed E-state index contributed by atoms with van der Waals surface area (Å²) in [4.78, 5) is 3.20. The lowest BCUT2D eigenvalue weighted by Crippen LogP contribution is -2.11. The molecule has 0 unspecified atom stereocenters. The van der Waals surface area contributed by atoms with Crippen LogP contribution in [0.1, 0.15) is 18.2 Å². The Labute approximate surface area is 60.0 Å². The van der Waals surface area contributed by atoms with Gasteiger partial charge in [-0.05, 0) is 24.1 Å². The molecule has 1 aliphatic heterocycles. The highest BCUT2D eigenvalue weighted by Gasteiger charge is 2.07. The highest BCUT2D eigenvalue weighted by atomic mass is 14.9. The number of nitrogens with one attached hydrogen (secondary N) is 2. The smallest absolute Gasteiger partial charge is 0.0475 e. The normalized spacial score (nSPS) is 15.5. The number of allylic oxidation sites excluding steroid dienone is 1. The zero-order valence-corrected chi connectivity index (χ0v) is 5.94. The van der Waals surface area contributed by atoms with Gasteiger partial charge in [0.15, 0.2) is 0 Å². The van der Waals surface area contributed by atoms with E-state index >= 15 is 0 Å².